The molecule has 0 radical (unpaired) electrons. The quantitative estimate of drug-likeness (QED) is 0.411. The van der Waals surface area contributed by atoms with Gasteiger partial charge in [0.05, 0.1) is 21.5 Å². The Labute approximate surface area is 167 Å². The summed E-state index contributed by atoms with van der Waals surface area (Å²) in [6, 6.07) is 10.3. The minimum absolute atomic E-state index is 0.00794. The van der Waals surface area contributed by atoms with Gasteiger partial charge in [0.15, 0.2) is 0 Å². The van der Waals surface area contributed by atoms with Crippen LogP contribution in [0.1, 0.15) is 5.56 Å². The first-order valence-electron chi connectivity index (χ1n) is 8.43. The van der Waals surface area contributed by atoms with Crippen LogP contribution in [0.3, 0.4) is 0 Å². The van der Waals surface area contributed by atoms with Gasteiger partial charge in [-0.2, -0.15) is 13.2 Å². The molecular formula is C20H11F5N2O2S. The largest absolute Gasteiger partial charge is 0.416 e. The summed E-state index contributed by atoms with van der Waals surface area (Å²) in [6.07, 6.45) is -3.77. The van der Waals surface area contributed by atoms with Gasteiger partial charge in [-0.1, -0.05) is 12.1 Å². The van der Waals surface area contributed by atoms with E-state index < -0.39 is 38.3 Å². The number of hydrogen-bond donors (Lipinski definition) is 0. The Balaban J connectivity index is 1.88. The van der Waals surface area contributed by atoms with Gasteiger partial charge in [0, 0.05) is 5.56 Å². The number of aromatic nitrogens is 2. The van der Waals surface area contributed by atoms with Crippen LogP contribution in [0.2, 0.25) is 0 Å². The molecule has 0 spiro atoms. The summed E-state index contributed by atoms with van der Waals surface area (Å²) >= 11 is 0. The zero-order chi connectivity index (χ0) is 21.7. The van der Waals surface area contributed by atoms with Crippen molar-refractivity contribution in [2.75, 3.05) is 0 Å². The van der Waals surface area contributed by atoms with Gasteiger partial charge < -0.3 is 0 Å². The lowest BCUT2D eigenvalue weighted by Crippen LogP contribution is -2.13. The van der Waals surface area contributed by atoms with E-state index in [4.69, 9.17) is 0 Å². The van der Waals surface area contributed by atoms with Crippen molar-refractivity contribution in [3.63, 3.8) is 0 Å². The van der Waals surface area contributed by atoms with Crippen LogP contribution in [0.15, 0.2) is 71.9 Å². The van der Waals surface area contributed by atoms with Gasteiger partial charge >= 0.3 is 6.18 Å². The van der Waals surface area contributed by atoms with Gasteiger partial charge in [-0.25, -0.2) is 26.2 Å². The monoisotopic (exact) mass is 438 g/mol. The van der Waals surface area contributed by atoms with E-state index >= 15 is 0 Å². The van der Waals surface area contributed by atoms with Crippen molar-refractivity contribution in [3.8, 4) is 11.1 Å². The topological polar surface area (TPSA) is 52.0 Å². The van der Waals surface area contributed by atoms with E-state index in [-0.39, 0.29) is 22.2 Å². The van der Waals surface area contributed by atoms with Gasteiger partial charge in [-0.15, -0.1) is 0 Å². The molecule has 1 aromatic heterocycles. The molecule has 0 atom stereocenters. The molecule has 0 amide bonds. The van der Waals surface area contributed by atoms with Crippen LogP contribution in [0.5, 0.6) is 0 Å². The number of hydrogen-bond acceptors (Lipinski definition) is 3. The molecule has 0 fully saturated rings. The van der Waals surface area contributed by atoms with Crippen LogP contribution in [0, 0.1) is 11.6 Å². The molecule has 4 rings (SSSR count). The Kier molecular flexibility index (Phi) is 4.61. The third-order valence-corrected chi connectivity index (χ3v) is 6.13. The highest BCUT2D eigenvalue weighted by Gasteiger charge is 2.32. The summed E-state index contributed by atoms with van der Waals surface area (Å²) in [5.74, 6) is -1.40. The molecule has 4 aromatic rings. The highest BCUT2D eigenvalue weighted by atomic mass is 32.2. The fraction of sp³-hybridized carbons (Fsp3) is 0.0500. The molecule has 0 aliphatic rings. The number of halogens is 5. The van der Waals surface area contributed by atoms with Crippen LogP contribution >= 0.6 is 0 Å². The van der Waals surface area contributed by atoms with Crippen LogP contribution in [0.25, 0.3) is 22.2 Å². The molecule has 0 aliphatic carbocycles. The van der Waals surface area contributed by atoms with Crippen molar-refractivity contribution < 1.29 is 30.4 Å². The second kappa shape index (κ2) is 6.91. The second-order valence-electron chi connectivity index (χ2n) is 6.40. The molecule has 3 aromatic carbocycles. The van der Waals surface area contributed by atoms with Gasteiger partial charge in [0.2, 0.25) is 0 Å². The Morgan fingerprint density at radius 3 is 2.40 bits per heavy atom. The molecule has 0 saturated heterocycles. The van der Waals surface area contributed by atoms with Crippen LogP contribution < -0.4 is 0 Å². The van der Waals surface area contributed by atoms with E-state index in [0.29, 0.717) is 10.0 Å². The Hall–Kier alpha value is -3.27. The zero-order valence-corrected chi connectivity index (χ0v) is 15.7. The van der Waals surface area contributed by atoms with E-state index in [9.17, 15) is 30.4 Å². The third-order valence-electron chi connectivity index (χ3n) is 4.47. The molecule has 0 aliphatic heterocycles. The van der Waals surface area contributed by atoms with Gasteiger partial charge in [0.1, 0.15) is 18.0 Å². The molecule has 0 unspecified atom stereocenters. The first-order valence-corrected chi connectivity index (χ1v) is 9.87. The third kappa shape index (κ3) is 3.43. The maximum atomic E-state index is 14.1. The fourth-order valence-corrected chi connectivity index (χ4v) is 4.34. The van der Waals surface area contributed by atoms with E-state index in [1.165, 1.54) is 18.2 Å². The number of imidazole rings is 1. The Bertz CT molecular complexity index is 1380. The summed E-state index contributed by atoms with van der Waals surface area (Å²) < 4.78 is 93.3. The van der Waals surface area contributed by atoms with Crippen molar-refractivity contribution in [1.29, 1.82) is 0 Å². The SMILES string of the molecule is O=S(=O)(c1cccc(C(F)(F)F)c1)n1cnc2ccc(-c3cc(F)ccc3F)cc21. The Morgan fingerprint density at radius 1 is 0.900 bits per heavy atom. The Morgan fingerprint density at radius 2 is 1.67 bits per heavy atom. The first kappa shape index (κ1) is 20.0. The number of alkyl halides is 3. The second-order valence-corrected chi connectivity index (χ2v) is 8.21. The van der Waals surface area contributed by atoms with Gasteiger partial charge in [-0.05, 0) is 54.1 Å². The number of benzene rings is 3. The first-order chi connectivity index (χ1) is 14.1. The number of nitrogens with zero attached hydrogens (tertiary/aromatic N) is 2. The molecule has 10 heteroatoms. The predicted octanol–water partition coefficient (Wildman–Crippen LogP) is 5.24. The smallest absolute Gasteiger partial charge is 0.236 e. The molecule has 0 N–H and O–H groups in total. The molecule has 0 saturated carbocycles. The van der Waals surface area contributed by atoms with Crippen molar-refractivity contribution >= 4 is 21.1 Å². The summed E-state index contributed by atoms with van der Waals surface area (Å²) in [4.78, 5) is 3.37. The van der Waals surface area contributed by atoms with Crippen molar-refractivity contribution in [1.82, 2.24) is 8.96 Å². The van der Waals surface area contributed by atoms with E-state index in [1.807, 2.05) is 0 Å². The molecule has 4 nitrogen and oxygen atoms in total. The summed E-state index contributed by atoms with van der Waals surface area (Å²) in [6.45, 7) is 0. The molecular weight excluding hydrogens is 427 g/mol. The summed E-state index contributed by atoms with van der Waals surface area (Å²) in [7, 11) is -4.44. The zero-order valence-electron chi connectivity index (χ0n) is 14.9. The lowest BCUT2D eigenvalue weighted by Gasteiger charge is -2.11. The normalized spacial score (nSPS) is 12.4. The van der Waals surface area contributed by atoms with E-state index in [1.54, 1.807) is 0 Å². The molecule has 154 valence electrons. The van der Waals surface area contributed by atoms with Crippen LogP contribution in [-0.4, -0.2) is 17.4 Å². The minimum atomic E-state index is -4.72. The maximum absolute atomic E-state index is 14.1. The molecule has 0 bridgehead atoms. The predicted molar refractivity (Wildman–Crippen MR) is 99.1 cm³/mol. The highest BCUT2D eigenvalue weighted by molar-refractivity contribution is 7.90. The lowest BCUT2D eigenvalue weighted by molar-refractivity contribution is -0.137. The molecule has 30 heavy (non-hydrogen) atoms. The van der Waals surface area contributed by atoms with E-state index in [0.717, 1.165) is 42.7 Å². The maximum Gasteiger partial charge on any atom is 0.416 e. The van der Waals surface area contributed by atoms with Gasteiger partial charge in [0.25, 0.3) is 10.0 Å². The number of fused-ring (bicyclic) bond motifs is 1. The summed E-state index contributed by atoms with van der Waals surface area (Å²) in [5.41, 5.74) is -0.809. The van der Waals surface area contributed by atoms with Crippen LogP contribution in [-0.2, 0) is 16.2 Å². The standard InChI is InChI=1S/C20H11F5N2O2S/c21-14-5-6-17(22)16(10-14)12-4-7-18-19(8-12)27(11-26-18)30(28,29)15-3-1-2-13(9-15)20(23,24)25/h1-11H. The fourth-order valence-electron chi connectivity index (χ4n) is 3.01. The highest BCUT2D eigenvalue weighted by Crippen LogP contribution is 2.32. The number of rotatable bonds is 3. The van der Waals surface area contributed by atoms with Crippen molar-refractivity contribution in [3.05, 3.63) is 84.2 Å². The van der Waals surface area contributed by atoms with Crippen molar-refractivity contribution in [2.24, 2.45) is 0 Å². The van der Waals surface area contributed by atoms with Gasteiger partial charge in [-0.3, -0.25) is 0 Å². The molecule has 1 heterocycles. The summed E-state index contributed by atoms with van der Waals surface area (Å²) in [5, 5.41) is 0. The van der Waals surface area contributed by atoms with Crippen LogP contribution in [0.4, 0.5) is 22.0 Å². The minimum Gasteiger partial charge on any atom is -0.236 e. The average Bonchev–Trinajstić information content (AvgIpc) is 3.13. The average molecular weight is 438 g/mol. The van der Waals surface area contributed by atoms with E-state index in [2.05, 4.69) is 4.98 Å². The van der Waals surface area contributed by atoms with Crippen molar-refractivity contribution in [2.45, 2.75) is 11.1 Å². The lowest BCUT2D eigenvalue weighted by atomic mass is 10.0.